The summed E-state index contributed by atoms with van der Waals surface area (Å²) in [6, 6.07) is 9.21. The monoisotopic (exact) mass is 221 g/mol. The molecular formula is C12H17O2Si. The first-order valence-corrected chi connectivity index (χ1v) is 6.38. The summed E-state index contributed by atoms with van der Waals surface area (Å²) in [6.45, 7) is 5.94. The van der Waals surface area contributed by atoms with Gasteiger partial charge in [0.05, 0.1) is 0 Å². The predicted octanol–water partition coefficient (Wildman–Crippen LogP) is 2.58. The van der Waals surface area contributed by atoms with E-state index in [1.54, 1.807) is 14.2 Å². The fourth-order valence-electron chi connectivity index (χ4n) is 1.34. The van der Waals surface area contributed by atoms with E-state index in [9.17, 15) is 0 Å². The average Bonchev–Trinajstić information content (AvgIpc) is 2.26. The van der Waals surface area contributed by atoms with Crippen LogP contribution in [0.3, 0.4) is 0 Å². The molecule has 0 saturated heterocycles. The van der Waals surface area contributed by atoms with Gasteiger partial charge in [0.1, 0.15) is 0 Å². The molecule has 0 aromatic heterocycles. The lowest BCUT2D eigenvalue weighted by atomic mass is 10.1. The Balaban J connectivity index is 2.77. The highest BCUT2D eigenvalue weighted by atomic mass is 28.3. The summed E-state index contributed by atoms with van der Waals surface area (Å²) in [6.07, 6.45) is 0. The molecule has 0 bridgehead atoms. The lowest BCUT2D eigenvalue weighted by Crippen LogP contribution is -2.22. The largest absolute Gasteiger partial charge is 0.397 e. The molecule has 0 unspecified atom stereocenters. The Hall–Kier alpha value is -0.903. The highest BCUT2D eigenvalue weighted by Gasteiger charge is 2.12. The van der Waals surface area contributed by atoms with Crippen LogP contribution in [0, 0.1) is 0 Å². The van der Waals surface area contributed by atoms with E-state index in [1.165, 1.54) is 11.1 Å². The van der Waals surface area contributed by atoms with Crippen molar-refractivity contribution < 1.29 is 8.85 Å². The van der Waals surface area contributed by atoms with E-state index in [4.69, 9.17) is 8.85 Å². The van der Waals surface area contributed by atoms with Crippen molar-refractivity contribution in [2.45, 2.75) is 13.0 Å². The third-order valence-corrected chi connectivity index (χ3v) is 3.83. The van der Waals surface area contributed by atoms with Gasteiger partial charge in [-0.3, -0.25) is 0 Å². The van der Waals surface area contributed by atoms with Crippen molar-refractivity contribution >= 4 is 14.9 Å². The molecule has 2 nitrogen and oxygen atoms in total. The fourth-order valence-corrected chi connectivity index (χ4v) is 2.35. The summed E-state index contributed by atoms with van der Waals surface area (Å²) < 4.78 is 10.5. The van der Waals surface area contributed by atoms with Gasteiger partial charge in [-0.1, -0.05) is 36.4 Å². The first-order chi connectivity index (χ1) is 7.17. The van der Waals surface area contributed by atoms with Crippen LogP contribution in [0.5, 0.6) is 0 Å². The van der Waals surface area contributed by atoms with Crippen LogP contribution < -0.4 is 0 Å². The minimum atomic E-state index is -1.15. The number of hydrogen-bond donors (Lipinski definition) is 0. The Morgan fingerprint density at radius 3 is 2.53 bits per heavy atom. The van der Waals surface area contributed by atoms with Gasteiger partial charge in [-0.25, -0.2) is 0 Å². The van der Waals surface area contributed by atoms with E-state index in [2.05, 4.69) is 24.8 Å². The van der Waals surface area contributed by atoms with Gasteiger partial charge in [-0.2, -0.15) is 0 Å². The second-order valence-electron chi connectivity index (χ2n) is 3.44. The van der Waals surface area contributed by atoms with Crippen LogP contribution in [0.2, 0.25) is 0 Å². The van der Waals surface area contributed by atoms with Crippen molar-refractivity contribution in [1.82, 2.24) is 0 Å². The quantitative estimate of drug-likeness (QED) is 0.712. The van der Waals surface area contributed by atoms with E-state index in [1.807, 2.05) is 13.0 Å². The van der Waals surface area contributed by atoms with Gasteiger partial charge in [-0.05, 0) is 18.1 Å². The topological polar surface area (TPSA) is 18.5 Å². The summed E-state index contributed by atoms with van der Waals surface area (Å²) in [7, 11) is 2.24. The van der Waals surface area contributed by atoms with Crippen LogP contribution in [0.25, 0.3) is 5.57 Å². The van der Waals surface area contributed by atoms with Gasteiger partial charge in [0.15, 0.2) is 0 Å². The molecule has 15 heavy (non-hydrogen) atoms. The van der Waals surface area contributed by atoms with Crippen LogP contribution in [-0.2, 0) is 14.9 Å². The van der Waals surface area contributed by atoms with E-state index in [0.29, 0.717) is 0 Å². The van der Waals surface area contributed by atoms with Crippen molar-refractivity contribution in [3.05, 3.63) is 42.0 Å². The standard InChI is InChI=1S/C12H17O2Si/c1-10(2)12-7-5-6-11(8-12)9-15(13-3)14-4/h5-8H,1,9H2,2-4H3. The molecule has 0 spiro atoms. The Morgan fingerprint density at radius 2 is 2.00 bits per heavy atom. The van der Waals surface area contributed by atoms with E-state index in [-0.39, 0.29) is 0 Å². The highest BCUT2D eigenvalue weighted by Crippen LogP contribution is 2.14. The molecule has 1 aromatic carbocycles. The molecule has 0 aliphatic heterocycles. The Kier molecular flexibility index (Phi) is 4.75. The SMILES string of the molecule is C=C(C)c1cccc(C[Si](OC)OC)c1. The molecule has 1 radical (unpaired) electrons. The summed E-state index contributed by atoms with van der Waals surface area (Å²) in [4.78, 5) is 0. The molecule has 0 aliphatic rings. The van der Waals surface area contributed by atoms with E-state index >= 15 is 0 Å². The van der Waals surface area contributed by atoms with Crippen LogP contribution in [0.4, 0.5) is 0 Å². The average molecular weight is 221 g/mol. The summed E-state index contributed by atoms with van der Waals surface area (Å²) in [5, 5.41) is 0. The Bertz CT molecular complexity index is 332. The van der Waals surface area contributed by atoms with Gasteiger partial charge < -0.3 is 8.85 Å². The minimum absolute atomic E-state index is 0.860. The number of hydrogen-bond acceptors (Lipinski definition) is 2. The molecule has 0 heterocycles. The first kappa shape index (κ1) is 12.2. The molecule has 1 aromatic rings. The summed E-state index contributed by atoms with van der Waals surface area (Å²) in [5.41, 5.74) is 3.51. The second-order valence-corrected chi connectivity index (χ2v) is 5.35. The van der Waals surface area contributed by atoms with Crippen molar-refractivity contribution in [2.24, 2.45) is 0 Å². The van der Waals surface area contributed by atoms with Crippen LogP contribution in [0.15, 0.2) is 30.8 Å². The minimum Gasteiger partial charge on any atom is -0.397 e. The number of rotatable bonds is 5. The molecule has 0 atom stereocenters. The normalized spacial score (nSPS) is 10.7. The zero-order chi connectivity index (χ0) is 11.3. The van der Waals surface area contributed by atoms with Crippen molar-refractivity contribution in [2.75, 3.05) is 14.2 Å². The Morgan fingerprint density at radius 1 is 1.33 bits per heavy atom. The fraction of sp³-hybridized carbons (Fsp3) is 0.333. The van der Waals surface area contributed by atoms with Crippen LogP contribution in [-0.4, -0.2) is 23.5 Å². The molecule has 0 saturated carbocycles. The maximum Gasteiger partial charge on any atom is 0.388 e. The molecule has 0 aliphatic carbocycles. The van der Waals surface area contributed by atoms with Crippen LogP contribution in [0.1, 0.15) is 18.1 Å². The van der Waals surface area contributed by atoms with Gasteiger partial charge >= 0.3 is 9.28 Å². The molecular weight excluding hydrogens is 204 g/mol. The molecule has 3 heteroatoms. The molecule has 1 rings (SSSR count). The molecule has 0 amide bonds. The van der Waals surface area contributed by atoms with E-state index in [0.717, 1.165) is 11.6 Å². The van der Waals surface area contributed by atoms with Gasteiger partial charge in [0, 0.05) is 20.3 Å². The molecule has 0 N–H and O–H groups in total. The summed E-state index contributed by atoms with van der Waals surface area (Å²) >= 11 is 0. The maximum absolute atomic E-state index is 5.26. The van der Waals surface area contributed by atoms with Gasteiger partial charge in [0.25, 0.3) is 0 Å². The summed E-state index contributed by atoms with van der Waals surface area (Å²) in [5.74, 6) is 0. The predicted molar refractivity (Wildman–Crippen MR) is 64.6 cm³/mol. The third kappa shape index (κ3) is 3.62. The first-order valence-electron chi connectivity index (χ1n) is 4.86. The Labute approximate surface area is 93.4 Å². The van der Waals surface area contributed by atoms with Crippen molar-refractivity contribution in [1.29, 1.82) is 0 Å². The maximum atomic E-state index is 5.26. The van der Waals surface area contributed by atoms with Crippen molar-refractivity contribution in [3.63, 3.8) is 0 Å². The van der Waals surface area contributed by atoms with Gasteiger partial charge in [0.2, 0.25) is 0 Å². The lowest BCUT2D eigenvalue weighted by Gasteiger charge is -2.10. The second kappa shape index (κ2) is 5.85. The third-order valence-electron chi connectivity index (χ3n) is 2.22. The lowest BCUT2D eigenvalue weighted by molar-refractivity contribution is 0.277. The number of allylic oxidation sites excluding steroid dienone is 1. The van der Waals surface area contributed by atoms with Crippen molar-refractivity contribution in [3.8, 4) is 0 Å². The smallest absolute Gasteiger partial charge is 0.388 e. The zero-order valence-electron chi connectivity index (χ0n) is 9.54. The highest BCUT2D eigenvalue weighted by molar-refractivity contribution is 6.43. The number of benzene rings is 1. The zero-order valence-corrected chi connectivity index (χ0v) is 10.5. The molecule has 81 valence electrons. The van der Waals surface area contributed by atoms with E-state index < -0.39 is 9.28 Å². The van der Waals surface area contributed by atoms with Crippen LogP contribution >= 0.6 is 0 Å². The van der Waals surface area contributed by atoms with Gasteiger partial charge in [-0.15, -0.1) is 0 Å². The molecule has 0 fully saturated rings.